The number of amides is 1. The van der Waals surface area contributed by atoms with Gasteiger partial charge in [-0.3, -0.25) is 9.78 Å². The van der Waals surface area contributed by atoms with Crippen LogP contribution in [0.25, 0.3) is 0 Å². The van der Waals surface area contributed by atoms with Gasteiger partial charge >= 0.3 is 0 Å². The molecule has 2 rings (SSSR count). The first kappa shape index (κ1) is 13.7. The maximum Gasteiger partial charge on any atom is 0.251 e. The number of hydrogen-bond donors (Lipinski definition) is 1. The summed E-state index contributed by atoms with van der Waals surface area (Å²) in [6.07, 6.45) is 3.53. The molecular formula is C15H15BrN2O. The molecule has 0 aliphatic heterocycles. The Labute approximate surface area is 121 Å². The van der Waals surface area contributed by atoms with Gasteiger partial charge in [0.15, 0.2) is 0 Å². The molecule has 0 saturated carbocycles. The first-order valence-electron chi connectivity index (χ1n) is 6.02. The van der Waals surface area contributed by atoms with E-state index in [0.29, 0.717) is 12.1 Å². The fourth-order valence-electron chi connectivity index (χ4n) is 1.69. The summed E-state index contributed by atoms with van der Waals surface area (Å²) in [7, 11) is 0. The topological polar surface area (TPSA) is 42.0 Å². The number of rotatable bonds is 3. The van der Waals surface area contributed by atoms with Gasteiger partial charge in [0.2, 0.25) is 0 Å². The zero-order chi connectivity index (χ0) is 13.8. The number of nitrogens with zero attached hydrogens (tertiary/aromatic N) is 1. The van der Waals surface area contributed by atoms with Crippen LogP contribution in [-0.4, -0.2) is 10.9 Å². The second kappa shape index (κ2) is 5.97. The normalized spacial score (nSPS) is 10.3. The van der Waals surface area contributed by atoms with E-state index in [9.17, 15) is 4.79 Å². The highest BCUT2D eigenvalue weighted by atomic mass is 79.9. The summed E-state index contributed by atoms with van der Waals surface area (Å²) in [5.74, 6) is -0.0797. The van der Waals surface area contributed by atoms with Crippen LogP contribution in [0.4, 0.5) is 0 Å². The van der Waals surface area contributed by atoms with Crippen molar-refractivity contribution < 1.29 is 4.79 Å². The van der Waals surface area contributed by atoms with Gasteiger partial charge in [-0.15, -0.1) is 0 Å². The molecule has 3 nitrogen and oxygen atoms in total. The number of hydrogen-bond acceptors (Lipinski definition) is 2. The quantitative estimate of drug-likeness (QED) is 0.942. The van der Waals surface area contributed by atoms with Crippen molar-refractivity contribution in [1.29, 1.82) is 0 Å². The Bertz CT molecular complexity index is 611. The van der Waals surface area contributed by atoms with Crippen LogP contribution in [0.2, 0.25) is 0 Å². The van der Waals surface area contributed by atoms with E-state index in [0.717, 1.165) is 21.2 Å². The summed E-state index contributed by atoms with van der Waals surface area (Å²) in [5.41, 5.74) is 3.92. The van der Waals surface area contributed by atoms with Crippen molar-refractivity contribution >= 4 is 21.8 Å². The molecule has 0 atom stereocenters. The van der Waals surface area contributed by atoms with E-state index < -0.39 is 0 Å². The summed E-state index contributed by atoms with van der Waals surface area (Å²) in [4.78, 5) is 16.1. The second-order valence-corrected chi connectivity index (χ2v) is 5.30. The SMILES string of the molecule is Cc1ccc(C(=O)NCc2cnccc2C)cc1Br. The van der Waals surface area contributed by atoms with Gasteiger partial charge in [-0.25, -0.2) is 0 Å². The zero-order valence-electron chi connectivity index (χ0n) is 10.9. The van der Waals surface area contributed by atoms with Gasteiger partial charge in [-0.05, 0) is 48.7 Å². The Morgan fingerprint density at radius 3 is 2.74 bits per heavy atom. The molecule has 4 heteroatoms. The van der Waals surface area contributed by atoms with Gasteiger partial charge in [0.1, 0.15) is 0 Å². The van der Waals surface area contributed by atoms with Crippen LogP contribution in [0.15, 0.2) is 41.1 Å². The smallest absolute Gasteiger partial charge is 0.251 e. The lowest BCUT2D eigenvalue weighted by molar-refractivity contribution is 0.0951. The summed E-state index contributed by atoms with van der Waals surface area (Å²) >= 11 is 3.43. The number of nitrogens with one attached hydrogen (secondary N) is 1. The minimum absolute atomic E-state index is 0.0797. The molecule has 1 aromatic carbocycles. The molecule has 0 radical (unpaired) electrons. The minimum Gasteiger partial charge on any atom is -0.348 e. The standard InChI is InChI=1S/C15H15BrN2O/c1-10-5-6-17-8-13(10)9-18-15(19)12-4-3-11(2)14(16)7-12/h3-8H,9H2,1-2H3,(H,18,19). The Hall–Kier alpha value is -1.68. The molecule has 1 N–H and O–H groups in total. The van der Waals surface area contributed by atoms with E-state index in [-0.39, 0.29) is 5.91 Å². The largest absolute Gasteiger partial charge is 0.348 e. The lowest BCUT2D eigenvalue weighted by atomic mass is 10.1. The highest BCUT2D eigenvalue weighted by Gasteiger charge is 2.07. The van der Waals surface area contributed by atoms with Crippen molar-refractivity contribution in [2.75, 3.05) is 0 Å². The van der Waals surface area contributed by atoms with Crippen LogP contribution in [0.5, 0.6) is 0 Å². The van der Waals surface area contributed by atoms with Gasteiger partial charge in [0.25, 0.3) is 5.91 Å². The van der Waals surface area contributed by atoms with Gasteiger partial charge in [-0.2, -0.15) is 0 Å². The van der Waals surface area contributed by atoms with Gasteiger partial charge < -0.3 is 5.32 Å². The van der Waals surface area contributed by atoms with Gasteiger partial charge in [-0.1, -0.05) is 22.0 Å². The number of aromatic nitrogens is 1. The van der Waals surface area contributed by atoms with Crippen molar-refractivity contribution in [2.24, 2.45) is 0 Å². The third-order valence-electron chi connectivity index (χ3n) is 3.02. The van der Waals surface area contributed by atoms with Crippen molar-refractivity contribution in [3.63, 3.8) is 0 Å². The molecule has 2 aromatic rings. The fraction of sp³-hybridized carbons (Fsp3) is 0.200. The molecule has 0 aliphatic rings. The van der Waals surface area contributed by atoms with Crippen LogP contribution < -0.4 is 5.32 Å². The molecule has 1 amide bonds. The highest BCUT2D eigenvalue weighted by Crippen LogP contribution is 2.17. The minimum atomic E-state index is -0.0797. The third kappa shape index (κ3) is 3.41. The average molecular weight is 319 g/mol. The third-order valence-corrected chi connectivity index (χ3v) is 3.88. The second-order valence-electron chi connectivity index (χ2n) is 4.45. The summed E-state index contributed by atoms with van der Waals surface area (Å²) in [6, 6.07) is 7.52. The summed E-state index contributed by atoms with van der Waals surface area (Å²) in [6.45, 7) is 4.49. The molecule has 1 heterocycles. The molecule has 0 aliphatic carbocycles. The fourth-order valence-corrected chi connectivity index (χ4v) is 2.07. The van der Waals surface area contributed by atoms with Crippen LogP contribution in [0, 0.1) is 13.8 Å². The van der Waals surface area contributed by atoms with Gasteiger partial charge in [0.05, 0.1) is 0 Å². The van der Waals surface area contributed by atoms with E-state index in [2.05, 4.69) is 26.2 Å². The van der Waals surface area contributed by atoms with Crippen molar-refractivity contribution in [3.05, 3.63) is 63.4 Å². The van der Waals surface area contributed by atoms with E-state index >= 15 is 0 Å². The molecule has 0 spiro atoms. The van der Waals surface area contributed by atoms with Crippen molar-refractivity contribution in [1.82, 2.24) is 10.3 Å². The van der Waals surface area contributed by atoms with E-state index in [1.54, 1.807) is 12.4 Å². The maximum absolute atomic E-state index is 12.0. The molecule has 98 valence electrons. The van der Waals surface area contributed by atoms with Crippen LogP contribution in [0.1, 0.15) is 27.0 Å². The summed E-state index contributed by atoms with van der Waals surface area (Å²) in [5, 5.41) is 2.90. The van der Waals surface area contributed by atoms with Crippen LogP contribution in [-0.2, 0) is 6.54 Å². The van der Waals surface area contributed by atoms with Crippen molar-refractivity contribution in [2.45, 2.75) is 20.4 Å². The van der Waals surface area contributed by atoms with Crippen LogP contribution in [0.3, 0.4) is 0 Å². The Kier molecular flexibility index (Phi) is 4.32. The lowest BCUT2D eigenvalue weighted by Gasteiger charge is -2.08. The monoisotopic (exact) mass is 318 g/mol. The predicted molar refractivity (Wildman–Crippen MR) is 79.0 cm³/mol. The lowest BCUT2D eigenvalue weighted by Crippen LogP contribution is -2.23. The molecule has 19 heavy (non-hydrogen) atoms. The number of pyridine rings is 1. The number of carbonyl (C=O) groups excluding carboxylic acids is 1. The van der Waals surface area contributed by atoms with E-state index in [4.69, 9.17) is 0 Å². The Balaban J connectivity index is 2.05. The summed E-state index contributed by atoms with van der Waals surface area (Å²) < 4.78 is 0.942. The maximum atomic E-state index is 12.0. The van der Waals surface area contributed by atoms with Crippen LogP contribution >= 0.6 is 15.9 Å². The zero-order valence-corrected chi connectivity index (χ0v) is 12.5. The molecule has 0 fully saturated rings. The molecule has 0 unspecified atom stereocenters. The van der Waals surface area contributed by atoms with E-state index in [1.165, 1.54) is 0 Å². The first-order chi connectivity index (χ1) is 9.08. The van der Waals surface area contributed by atoms with Crippen molar-refractivity contribution in [3.8, 4) is 0 Å². The average Bonchev–Trinajstić information content (AvgIpc) is 2.40. The number of halogens is 1. The van der Waals surface area contributed by atoms with Gasteiger partial charge in [0, 0.05) is 29.0 Å². The molecule has 1 aromatic heterocycles. The highest BCUT2D eigenvalue weighted by molar-refractivity contribution is 9.10. The van der Waals surface area contributed by atoms with E-state index in [1.807, 2.05) is 38.1 Å². The molecule has 0 saturated heterocycles. The molecule has 0 bridgehead atoms. The predicted octanol–water partition coefficient (Wildman–Crippen LogP) is 3.39. The molecular weight excluding hydrogens is 304 g/mol. The Morgan fingerprint density at radius 1 is 1.26 bits per heavy atom. The number of aryl methyl sites for hydroxylation is 2. The Morgan fingerprint density at radius 2 is 2.05 bits per heavy atom. The first-order valence-corrected chi connectivity index (χ1v) is 6.81. The number of carbonyl (C=O) groups is 1. The number of benzene rings is 1.